The Morgan fingerprint density at radius 2 is 1.50 bits per heavy atom. The van der Waals surface area contributed by atoms with E-state index in [2.05, 4.69) is 29.6 Å². The standard InChI is InChI=1S/C33H38N2O3/c34-22-31(26-9-3-1-4-10-26)35-32(36)29-14-8-7-13-28(29)24-17-15-23(16-18-24)21-30(25-19-20-25)33(37)38-27-11-5-2-6-12-27/h1-6,9-12,15-18,25,28-31H,7-8,13-14,19-22,34H2,(H,35,36). The van der Waals surface area contributed by atoms with Gasteiger partial charge < -0.3 is 15.8 Å². The highest BCUT2D eigenvalue weighted by Crippen LogP contribution is 2.41. The van der Waals surface area contributed by atoms with Crippen LogP contribution in [0, 0.1) is 17.8 Å². The summed E-state index contributed by atoms with van der Waals surface area (Å²) in [4.78, 5) is 26.4. The van der Waals surface area contributed by atoms with Gasteiger partial charge in [0.25, 0.3) is 0 Å². The van der Waals surface area contributed by atoms with Gasteiger partial charge in [-0.2, -0.15) is 0 Å². The third kappa shape index (κ3) is 6.51. The Bertz CT molecular complexity index is 1190. The molecule has 3 N–H and O–H groups in total. The minimum absolute atomic E-state index is 0.0626. The molecule has 5 nitrogen and oxygen atoms in total. The van der Waals surface area contributed by atoms with Crippen LogP contribution in [0.4, 0.5) is 0 Å². The van der Waals surface area contributed by atoms with E-state index < -0.39 is 0 Å². The Morgan fingerprint density at radius 1 is 0.842 bits per heavy atom. The van der Waals surface area contributed by atoms with Crippen LogP contribution in [0.2, 0.25) is 0 Å². The summed E-state index contributed by atoms with van der Waals surface area (Å²) in [6, 6.07) is 27.7. The molecule has 0 aliphatic heterocycles. The third-order valence-corrected chi connectivity index (χ3v) is 8.18. The fraction of sp³-hybridized carbons (Fsp3) is 0.394. The highest BCUT2D eigenvalue weighted by atomic mass is 16.5. The van der Waals surface area contributed by atoms with Gasteiger partial charge in [-0.05, 0) is 72.8 Å². The summed E-state index contributed by atoms with van der Waals surface area (Å²) in [6.07, 6.45) is 6.93. The molecule has 2 saturated carbocycles. The van der Waals surface area contributed by atoms with E-state index in [4.69, 9.17) is 10.5 Å². The Kier molecular flexibility index (Phi) is 8.54. The molecular formula is C33H38N2O3. The van der Waals surface area contributed by atoms with Crippen LogP contribution in [-0.2, 0) is 16.0 Å². The maximum absolute atomic E-state index is 13.4. The minimum Gasteiger partial charge on any atom is -0.426 e. The van der Waals surface area contributed by atoms with E-state index in [1.54, 1.807) is 0 Å². The van der Waals surface area contributed by atoms with E-state index in [0.29, 0.717) is 24.6 Å². The van der Waals surface area contributed by atoms with E-state index in [0.717, 1.165) is 49.7 Å². The van der Waals surface area contributed by atoms with Gasteiger partial charge in [-0.25, -0.2) is 0 Å². The summed E-state index contributed by atoms with van der Waals surface area (Å²) in [6.45, 7) is 0.372. The SMILES string of the molecule is NCC(NC(=O)C1CCCCC1c1ccc(CC(C(=O)Oc2ccccc2)C2CC2)cc1)c1ccccc1. The van der Waals surface area contributed by atoms with Crippen molar-refractivity contribution in [3.63, 3.8) is 0 Å². The van der Waals surface area contributed by atoms with Crippen LogP contribution in [0.3, 0.4) is 0 Å². The zero-order valence-corrected chi connectivity index (χ0v) is 21.9. The largest absolute Gasteiger partial charge is 0.426 e. The maximum Gasteiger partial charge on any atom is 0.314 e. The normalized spacial score (nSPS) is 20.8. The number of nitrogens with two attached hydrogens (primary N) is 1. The van der Waals surface area contributed by atoms with E-state index in [1.165, 1.54) is 5.56 Å². The second kappa shape index (κ2) is 12.4. The van der Waals surface area contributed by atoms with E-state index >= 15 is 0 Å². The van der Waals surface area contributed by atoms with Crippen LogP contribution in [0.5, 0.6) is 5.75 Å². The number of carbonyl (C=O) groups excluding carboxylic acids is 2. The van der Waals surface area contributed by atoms with Crippen molar-refractivity contribution in [3.8, 4) is 5.75 Å². The topological polar surface area (TPSA) is 81.4 Å². The van der Waals surface area contributed by atoms with Crippen LogP contribution in [-0.4, -0.2) is 18.4 Å². The van der Waals surface area contributed by atoms with Gasteiger partial charge in [-0.15, -0.1) is 0 Å². The van der Waals surface area contributed by atoms with E-state index in [1.807, 2.05) is 60.7 Å². The van der Waals surface area contributed by atoms with Crippen molar-refractivity contribution in [3.05, 3.63) is 102 Å². The first kappa shape index (κ1) is 26.2. The molecule has 3 aromatic rings. The smallest absolute Gasteiger partial charge is 0.314 e. The fourth-order valence-corrected chi connectivity index (χ4v) is 5.86. The van der Waals surface area contributed by atoms with Gasteiger partial charge in [0.15, 0.2) is 0 Å². The number of esters is 1. The molecule has 198 valence electrons. The first-order valence-electron chi connectivity index (χ1n) is 14.0. The van der Waals surface area contributed by atoms with Crippen LogP contribution in [0.1, 0.15) is 67.2 Å². The average molecular weight is 511 g/mol. The van der Waals surface area contributed by atoms with Crippen LogP contribution in [0.25, 0.3) is 0 Å². The summed E-state index contributed by atoms with van der Waals surface area (Å²) >= 11 is 0. The van der Waals surface area contributed by atoms with Crippen molar-refractivity contribution < 1.29 is 14.3 Å². The van der Waals surface area contributed by atoms with Crippen molar-refractivity contribution in [1.82, 2.24) is 5.32 Å². The molecule has 0 heterocycles. The van der Waals surface area contributed by atoms with Gasteiger partial charge in [-0.1, -0.05) is 85.6 Å². The highest BCUT2D eigenvalue weighted by molar-refractivity contribution is 5.80. The second-order valence-electron chi connectivity index (χ2n) is 10.8. The third-order valence-electron chi connectivity index (χ3n) is 8.18. The van der Waals surface area contributed by atoms with Crippen LogP contribution in [0.15, 0.2) is 84.9 Å². The number of ether oxygens (including phenoxy) is 1. The minimum atomic E-state index is -0.177. The molecule has 2 aliphatic carbocycles. The molecule has 0 radical (unpaired) electrons. The molecule has 4 unspecified atom stereocenters. The lowest BCUT2D eigenvalue weighted by Crippen LogP contribution is -2.40. The number of benzene rings is 3. The van der Waals surface area contributed by atoms with E-state index in [-0.39, 0.29) is 35.7 Å². The molecule has 5 rings (SSSR count). The molecule has 2 fully saturated rings. The number of nitrogens with one attached hydrogen (secondary N) is 1. The molecule has 0 bridgehead atoms. The number of amides is 1. The van der Waals surface area contributed by atoms with Gasteiger partial charge in [0.1, 0.15) is 5.75 Å². The van der Waals surface area contributed by atoms with Crippen molar-refractivity contribution in [2.24, 2.45) is 23.5 Å². The zero-order chi connectivity index (χ0) is 26.3. The molecule has 4 atom stereocenters. The monoisotopic (exact) mass is 510 g/mol. The lowest BCUT2D eigenvalue weighted by molar-refractivity contribution is -0.139. The summed E-state index contributed by atoms with van der Waals surface area (Å²) in [5.74, 6) is 0.957. The Morgan fingerprint density at radius 3 is 2.16 bits per heavy atom. The predicted molar refractivity (Wildman–Crippen MR) is 150 cm³/mol. The molecule has 0 aromatic heterocycles. The lowest BCUT2D eigenvalue weighted by Gasteiger charge is -2.32. The summed E-state index contributed by atoms with van der Waals surface area (Å²) < 4.78 is 5.69. The van der Waals surface area contributed by atoms with Gasteiger partial charge in [0.05, 0.1) is 12.0 Å². The van der Waals surface area contributed by atoms with Crippen LogP contribution >= 0.6 is 0 Å². The fourth-order valence-electron chi connectivity index (χ4n) is 5.86. The van der Waals surface area contributed by atoms with Gasteiger partial charge in [0.2, 0.25) is 5.91 Å². The Balaban J connectivity index is 1.25. The average Bonchev–Trinajstić information content (AvgIpc) is 3.81. The molecular weight excluding hydrogens is 472 g/mol. The first-order chi connectivity index (χ1) is 18.6. The molecule has 5 heteroatoms. The molecule has 3 aromatic carbocycles. The van der Waals surface area contributed by atoms with Crippen molar-refractivity contribution in [2.75, 3.05) is 6.54 Å². The Labute approximate surface area is 225 Å². The number of hydrogen-bond donors (Lipinski definition) is 2. The summed E-state index contributed by atoms with van der Waals surface area (Å²) in [5, 5.41) is 3.23. The molecule has 2 aliphatic rings. The molecule has 38 heavy (non-hydrogen) atoms. The van der Waals surface area contributed by atoms with Gasteiger partial charge >= 0.3 is 5.97 Å². The number of carbonyl (C=O) groups is 2. The van der Waals surface area contributed by atoms with Crippen molar-refractivity contribution in [2.45, 2.75) is 56.9 Å². The predicted octanol–water partition coefficient (Wildman–Crippen LogP) is 5.95. The van der Waals surface area contributed by atoms with Crippen LogP contribution < -0.4 is 15.8 Å². The molecule has 0 saturated heterocycles. The number of hydrogen-bond acceptors (Lipinski definition) is 4. The summed E-state index contributed by atoms with van der Waals surface area (Å²) in [7, 11) is 0. The Hall–Kier alpha value is -3.44. The quantitative estimate of drug-likeness (QED) is 0.261. The van der Waals surface area contributed by atoms with Crippen molar-refractivity contribution in [1.29, 1.82) is 0 Å². The van der Waals surface area contributed by atoms with Crippen molar-refractivity contribution >= 4 is 11.9 Å². The highest BCUT2D eigenvalue weighted by Gasteiger charge is 2.38. The van der Waals surface area contributed by atoms with Gasteiger partial charge in [0, 0.05) is 12.5 Å². The number of rotatable bonds is 10. The molecule has 1 amide bonds. The maximum atomic E-state index is 13.4. The lowest BCUT2D eigenvalue weighted by atomic mass is 9.74. The second-order valence-corrected chi connectivity index (χ2v) is 10.8. The summed E-state index contributed by atoms with van der Waals surface area (Å²) in [5.41, 5.74) is 9.41. The van der Waals surface area contributed by atoms with E-state index in [9.17, 15) is 9.59 Å². The van der Waals surface area contributed by atoms with Gasteiger partial charge in [-0.3, -0.25) is 9.59 Å². The zero-order valence-electron chi connectivity index (χ0n) is 21.9. The molecule has 0 spiro atoms. The number of para-hydroxylation sites is 1. The first-order valence-corrected chi connectivity index (χ1v) is 14.0.